The molecule has 1 aromatic carbocycles. The molecule has 0 aliphatic heterocycles. The van der Waals surface area contributed by atoms with Gasteiger partial charge in [0.1, 0.15) is 7.85 Å². The van der Waals surface area contributed by atoms with Crippen LogP contribution in [-0.4, -0.2) is 19.1 Å². The summed E-state index contributed by atoms with van der Waals surface area (Å²) in [7, 11) is 1.62. The summed E-state index contributed by atoms with van der Waals surface area (Å²) < 4.78 is 37.6. The molecule has 0 spiro atoms. The number of hydrogen-bond donors (Lipinski definition) is 1. The highest BCUT2D eigenvalue weighted by Crippen LogP contribution is 2.37. The lowest BCUT2D eigenvalue weighted by Gasteiger charge is -2.25. The van der Waals surface area contributed by atoms with Gasteiger partial charge in [0.15, 0.2) is 0 Å². The highest BCUT2D eigenvalue weighted by atomic mass is 19.4. The van der Waals surface area contributed by atoms with Crippen molar-refractivity contribution in [2.75, 3.05) is 0 Å². The number of benzene rings is 1. The van der Waals surface area contributed by atoms with Crippen molar-refractivity contribution in [2.45, 2.75) is 11.8 Å². The molecule has 0 aliphatic carbocycles. The van der Waals surface area contributed by atoms with Crippen LogP contribution in [0.15, 0.2) is 24.3 Å². The van der Waals surface area contributed by atoms with E-state index in [2.05, 4.69) is 0 Å². The lowest BCUT2D eigenvalue weighted by atomic mass is 9.87. The van der Waals surface area contributed by atoms with Crippen LogP contribution in [0.2, 0.25) is 0 Å². The second kappa shape index (κ2) is 3.63. The second-order valence-corrected chi connectivity index (χ2v) is 3.22. The fourth-order valence-corrected chi connectivity index (χ4v) is 1.20. The molecule has 0 saturated carbocycles. The van der Waals surface area contributed by atoms with Crippen molar-refractivity contribution in [1.82, 2.24) is 0 Å². The first-order valence-corrected chi connectivity index (χ1v) is 4.15. The van der Waals surface area contributed by atoms with Crippen LogP contribution in [0.4, 0.5) is 13.2 Å². The fraction of sp³-hybridized carbons (Fsp3) is 0.200. The van der Waals surface area contributed by atoms with E-state index in [9.17, 15) is 18.3 Å². The maximum absolute atomic E-state index is 12.5. The third-order valence-electron chi connectivity index (χ3n) is 2.05. The van der Waals surface area contributed by atoms with Gasteiger partial charge in [0.2, 0.25) is 5.60 Å². The minimum absolute atomic E-state index is 0.336. The van der Waals surface area contributed by atoms with Crippen LogP contribution < -0.4 is 5.46 Å². The summed E-state index contributed by atoms with van der Waals surface area (Å²) >= 11 is 0. The van der Waals surface area contributed by atoms with Gasteiger partial charge in [-0.2, -0.15) is 13.2 Å². The third-order valence-corrected chi connectivity index (χ3v) is 2.05. The molecular formula is C10H8BF3O. The smallest absolute Gasteiger partial charge is 0.366 e. The average molecular weight is 212 g/mol. The molecule has 15 heavy (non-hydrogen) atoms. The van der Waals surface area contributed by atoms with Gasteiger partial charge in [0, 0.05) is 5.56 Å². The Morgan fingerprint density at radius 2 is 1.93 bits per heavy atom. The Kier molecular flexibility index (Phi) is 2.82. The minimum Gasteiger partial charge on any atom is -0.366 e. The van der Waals surface area contributed by atoms with Crippen molar-refractivity contribution in [2.24, 2.45) is 0 Å². The SMILES string of the molecule is Bc1cccc(C(O)(C#C)C(F)(F)F)c1. The molecule has 1 unspecified atom stereocenters. The highest BCUT2D eigenvalue weighted by molar-refractivity contribution is 6.32. The molecule has 78 valence electrons. The Balaban J connectivity index is 3.32. The van der Waals surface area contributed by atoms with Gasteiger partial charge < -0.3 is 5.11 Å². The second-order valence-electron chi connectivity index (χ2n) is 3.22. The largest absolute Gasteiger partial charge is 0.433 e. The number of alkyl halides is 3. The van der Waals surface area contributed by atoms with E-state index in [0.29, 0.717) is 5.46 Å². The Labute approximate surface area is 86.3 Å². The molecule has 0 aromatic heterocycles. The zero-order chi connectivity index (χ0) is 11.7. The van der Waals surface area contributed by atoms with Crippen LogP contribution in [0, 0.1) is 12.3 Å². The molecule has 0 bridgehead atoms. The molecule has 0 saturated heterocycles. The van der Waals surface area contributed by atoms with Gasteiger partial charge in [0.25, 0.3) is 0 Å². The van der Waals surface area contributed by atoms with Crippen LogP contribution >= 0.6 is 0 Å². The molecule has 0 radical (unpaired) electrons. The van der Waals surface area contributed by atoms with Crippen molar-refractivity contribution in [3.8, 4) is 12.3 Å². The van der Waals surface area contributed by atoms with Crippen molar-refractivity contribution >= 4 is 13.3 Å². The molecular weight excluding hydrogens is 204 g/mol. The van der Waals surface area contributed by atoms with Crippen molar-refractivity contribution < 1.29 is 18.3 Å². The Bertz CT molecular complexity index is 408. The zero-order valence-corrected chi connectivity index (χ0v) is 7.97. The average Bonchev–Trinajstić information content (AvgIpc) is 2.14. The summed E-state index contributed by atoms with van der Waals surface area (Å²) in [6.07, 6.45) is -0.124. The molecule has 1 rings (SSSR count). The van der Waals surface area contributed by atoms with Gasteiger partial charge in [0.05, 0.1) is 0 Å². The first kappa shape index (κ1) is 11.7. The van der Waals surface area contributed by atoms with Gasteiger partial charge in [-0.05, 0) is 0 Å². The fourth-order valence-electron chi connectivity index (χ4n) is 1.20. The minimum atomic E-state index is -4.88. The van der Waals surface area contributed by atoms with Crippen LogP contribution in [0.1, 0.15) is 5.56 Å². The molecule has 1 nitrogen and oxygen atoms in total. The number of aliphatic hydroxyl groups is 1. The van der Waals surface area contributed by atoms with Gasteiger partial charge in [-0.25, -0.2) is 0 Å². The molecule has 1 atom stereocenters. The third kappa shape index (κ3) is 2.00. The predicted molar refractivity (Wildman–Crippen MR) is 53.4 cm³/mol. The summed E-state index contributed by atoms with van der Waals surface area (Å²) in [6, 6.07) is 5.41. The van der Waals surface area contributed by atoms with E-state index in [1.54, 1.807) is 13.9 Å². The van der Waals surface area contributed by atoms with Crippen molar-refractivity contribution in [3.63, 3.8) is 0 Å². The number of rotatable bonds is 1. The highest BCUT2D eigenvalue weighted by Gasteiger charge is 2.54. The molecule has 0 heterocycles. The summed E-state index contributed by atoms with van der Waals surface area (Å²) in [4.78, 5) is 0. The summed E-state index contributed by atoms with van der Waals surface area (Å²) in [5.74, 6) is 1.39. The van der Waals surface area contributed by atoms with Crippen LogP contribution in [0.25, 0.3) is 0 Å². The van der Waals surface area contributed by atoms with Gasteiger partial charge in [-0.1, -0.05) is 35.6 Å². The zero-order valence-electron chi connectivity index (χ0n) is 7.97. The number of hydrogen-bond acceptors (Lipinski definition) is 1. The Hall–Kier alpha value is -1.41. The van der Waals surface area contributed by atoms with E-state index in [4.69, 9.17) is 6.42 Å². The van der Waals surface area contributed by atoms with E-state index in [1.165, 1.54) is 18.1 Å². The molecule has 5 heteroatoms. The summed E-state index contributed by atoms with van der Waals surface area (Å²) in [5.41, 5.74) is -2.94. The quantitative estimate of drug-likeness (QED) is 0.525. The first-order chi connectivity index (χ1) is 6.81. The van der Waals surface area contributed by atoms with Crippen LogP contribution in [0.3, 0.4) is 0 Å². The molecule has 1 N–H and O–H groups in total. The monoisotopic (exact) mass is 212 g/mol. The lowest BCUT2D eigenvalue weighted by molar-refractivity contribution is -0.240. The van der Waals surface area contributed by atoms with Crippen LogP contribution in [-0.2, 0) is 5.60 Å². The Morgan fingerprint density at radius 1 is 1.33 bits per heavy atom. The molecule has 0 aliphatic rings. The van der Waals surface area contributed by atoms with Gasteiger partial charge >= 0.3 is 6.18 Å². The maximum Gasteiger partial charge on any atom is 0.433 e. The van der Waals surface area contributed by atoms with Crippen molar-refractivity contribution in [3.05, 3.63) is 29.8 Å². The van der Waals surface area contributed by atoms with E-state index >= 15 is 0 Å². The molecule has 1 aromatic rings. The van der Waals surface area contributed by atoms with E-state index in [-0.39, 0.29) is 5.56 Å². The topological polar surface area (TPSA) is 20.2 Å². The van der Waals surface area contributed by atoms with E-state index < -0.39 is 11.8 Å². The normalized spacial score (nSPS) is 15.4. The standard InChI is InChI=1S/C10H8BF3O/c1-2-9(15,10(12,13)14)7-4-3-5-8(11)6-7/h1,3-6,15H,11H2. The van der Waals surface area contributed by atoms with Crippen molar-refractivity contribution in [1.29, 1.82) is 0 Å². The summed E-state index contributed by atoms with van der Waals surface area (Å²) in [5, 5.41) is 9.39. The maximum atomic E-state index is 12.5. The number of terminal acetylenes is 1. The van der Waals surface area contributed by atoms with E-state index in [0.717, 1.165) is 6.07 Å². The Morgan fingerprint density at radius 3 is 2.33 bits per heavy atom. The van der Waals surface area contributed by atoms with Gasteiger partial charge in [-0.15, -0.1) is 6.42 Å². The predicted octanol–water partition coefficient (Wildman–Crippen LogP) is 0.328. The first-order valence-electron chi connectivity index (χ1n) is 4.15. The molecule has 0 amide bonds. The number of halogens is 3. The molecule has 0 fully saturated rings. The van der Waals surface area contributed by atoms with E-state index in [1.807, 2.05) is 0 Å². The lowest BCUT2D eigenvalue weighted by Crippen LogP contribution is -2.41. The summed E-state index contributed by atoms with van der Waals surface area (Å²) in [6.45, 7) is 0. The van der Waals surface area contributed by atoms with Gasteiger partial charge in [-0.3, -0.25) is 0 Å². The van der Waals surface area contributed by atoms with Crippen LogP contribution in [0.5, 0.6) is 0 Å².